The van der Waals surface area contributed by atoms with Crippen molar-refractivity contribution >= 4 is 43.5 Å². The van der Waals surface area contributed by atoms with E-state index in [9.17, 15) is 22.0 Å². The van der Waals surface area contributed by atoms with E-state index in [2.05, 4.69) is 16.7 Å². The number of fused-ring (bicyclic) bond motifs is 1. The Balaban J connectivity index is 1.27. The minimum atomic E-state index is -3.57. The van der Waals surface area contributed by atoms with Crippen LogP contribution >= 0.6 is 0 Å². The summed E-state index contributed by atoms with van der Waals surface area (Å²) in [7, 11) is -3.57. The van der Waals surface area contributed by atoms with Crippen molar-refractivity contribution in [3.05, 3.63) is 108 Å². The first-order valence-corrected chi connectivity index (χ1v) is 16.8. The maximum Gasteiger partial charge on any atom is 0.305 e. The molecular weight excluding hydrogens is 599 g/mol. The molecule has 0 bridgehead atoms. The molecule has 1 N–H and O–H groups in total. The van der Waals surface area contributed by atoms with Crippen molar-refractivity contribution < 1.29 is 27.1 Å². The smallest absolute Gasteiger partial charge is 0.305 e. The first-order valence-electron chi connectivity index (χ1n) is 14.1. The molecule has 11 heteroatoms. The average molecular weight is 631 g/mol. The number of rotatable bonds is 9. The molecule has 1 aliphatic heterocycles. The predicted octanol–water partition coefficient (Wildman–Crippen LogP) is 4.21. The highest BCUT2D eigenvalue weighted by atomic mass is 32.2. The molecule has 1 saturated heterocycles. The zero-order valence-electron chi connectivity index (χ0n) is 24.1. The van der Waals surface area contributed by atoms with Gasteiger partial charge in [0.05, 0.1) is 17.1 Å². The molecule has 5 rings (SSSR count). The van der Waals surface area contributed by atoms with Gasteiger partial charge in [0.2, 0.25) is 0 Å². The Morgan fingerprint density at radius 2 is 1.59 bits per heavy atom. The molecule has 0 radical (unpaired) electrons. The maximum atomic E-state index is 13.3. The van der Waals surface area contributed by atoms with Gasteiger partial charge in [-0.3, -0.25) is 9.00 Å². The van der Waals surface area contributed by atoms with Gasteiger partial charge in [-0.25, -0.2) is 13.4 Å². The van der Waals surface area contributed by atoms with Crippen molar-refractivity contribution in [2.45, 2.75) is 30.0 Å². The number of hydrogen-bond donors (Lipinski definition) is 1. The lowest BCUT2D eigenvalue weighted by Gasteiger charge is -2.44. The lowest BCUT2D eigenvalue weighted by molar-refractivity contribution is -0.139. The van der Waals surface area contributed by atoms with Crippen molar-refractivity contribution in [2.75, 3.05) is 31.1 Å². The Labute approximate surface area is 260 Å². The van der Waals surface area contributed by atoms with E-state index in [0.29, 0.717) is 37.1 Å². The lowest BCUT2D eigenvalue weighted by atomic mass is 10.1. The van der Waals surface area contributed by atoms with Crippen LogP contribution < -0.4 is 4.90 Å². The SMILES string of the molecule is CC(CC(=O)O)N(N1CCN(c2ccc(C#Cc3ccc4cccc(S(=O)(=O)Cc5ccccc5)c4c3)cc2)CC1)S(=O)[O-]. The van der Waals surface area contributed by atoms with Crippen LogP contribution in [-0.4, -0.2) is 69.9 Å². The number of hydrazine groups is 1. The van der Waals surface area contributed by atoms with Gasteiger partial charge in [0.1, 0.15) is 0 Å². The highest BCUT2D eigenvalue weighted by molar-refractivity contribution is 7.90. The Morgan fingerprint density at radius 1 is 0.932 bits per heavy atom. The van der Waals surface area contributed by atoms with E-state index in [4.69, 9.17) is 5.11 Å². The van der Waals surface area contributed by atoms with Crippen LogP contribution in [0.1, 0.15) is 30.0 Å². The summed E-state index contributed by atoms with van der Waals surface area (Å²) in [6.07, 6.45) is -0.273. The van der Waals surface area contributed by atoms with Crippen LogP contribution in [0.25, 0.3) is 10.8 Å². The summed E-state index contributed by atoms with van der Waals surface area (Å²) in [6, 6.07) is 27.1. The first kappa shape index (κ1) is 31.4. The molecule has 9 nitrogen and oxygen atoms in total. The van der Waals surface area contributed by atoms with Crippen LogP contribution in [0.4, 0.5) is 5.69 Å². The number of carboxylic acid groups (broad SMARTS) is 1. The molecule has 0 amide bonds. The van der Waals surface area contributed by atoms with Crippen LogP contribution in [0.3, 0.4) is 0 Å². The molecule has 0 saturated carbocycles. The highest BCUT2D eigenvalue weighted by Gasteiger charge is 2.28. The van der Waals surface area contributed by atoms with E-state index in [1.165, 1.54) is 0 Å². The second-order valence-electron chi connectivity index (χ2n) is 10.6. The molecule has 0 spiro atoms. The third-order valence-corrected chi connectivity index (χ3v) is 10.1. The third-order valence-electron chi connectivity index (χ3n) is 7.49. The largest absolute Gasteiger partial charge is 0.759 e. The minimum absolute atomic E-state index is 0.0789. The number of sulfone groups is 1. The summed E-state index contributed by atoms with van der Waals surface area (Å²) in [6.45, 7) is 3.60. The van der Waals surface area contributed by atoms with Gasteiger partial charge in [0, 0.05) is 65.7 Å². The van der Waals surface area contributed by atoms with E-state index in [0.717, 1.165) is 26.6 Å². The van der Waals surface area contributed by atoms with Gasteiger partial charge in [-0.05, 0) is 60.3 Å². The fourth-order valence-corrected chi connectivity index (χ4v) is 7.67. The molecule has 1 fully saturated rings. The van der Waals surface area contributed by atoms with Crippen LogP contribution in [-0.2, 0) is 31.7 Å². The quantitative estimate of drug-likeness (QED) is 0.216. The normalized spacial score (nSPS) is 15.5. The van der Waals surface area contributed by atoms with Crippen molar-refractivity contribution in [1.29, 1.82) is 0 Å². The minimum Gasteiger partial charge on any atom is -0.759 e. The van der Waals surface area contributed by atoms with Gasteiger partial charge >= 0.3 is 5.97 Å². The van der Waals surface area contributed by atoms with Gasteiger partial charge in [0.25, 0.3) is 0 Å². The average Bonchev–Trinajstić information content (AvgIpc) is 3.00. The van der Waals surface area contributed by atoms with E-state index < -0.39 is 33.1 Å². The zero-order valence-corrected chi connectivity index (χ0v) is 25.8. The fraction of sp³-hybridized carbons (Fsp3) is 0.242. The zero-order chi connectivity index (χ0) is 31.3. The number of piperazine rings is 1. The van der Waals surface area contributed by atoms with Crippen molar-refractivity contribution in [3.8, 4) is 11.8 Å². The Morgan fingerprint density at radius 3 is 2.25 bits per heavy atom. The van der Waals surface area contributed by atoms with E-state index in [-0.39, 0.29) is 17.1 Å². The summed E-state index contributed by atoms with van der Waals surface area (Å²) in [4.78, 5) is 13.5. The predicted molar refractivity (Wildman–Crippen MR) is 170 cm³/mol. The molecule has 2 atom stereocenters. The third kappa shape index (κ3) is 7.53. The number of carboxylic acids is 1. The number of aliphatic carboxylic acids is 1. The Kier molecular flexibility index (Phi) is 9.78. The molecule has 4 aromatic rings. The fourth-order valence-electron chi connectivity index (χ4n) is 5.37. The van der Waals surface area contributed by atoms with E-state index in [1.807, 2.05) is 78.9 Å². The monoisotopic (exact) mass is 630 g/mol. The maximum absolute atomic E-state index is 13.3. The molecule has 1 aliphatic rings. The second-order valence-corrected chi connectivity index (χ2v) is 13.4. The topological polar surface area (TPSA) is 121 Å². The molecule has 0 aliphatic carbocycles. The first-order chi connectivity index (χ1) is 21.1. The molecule has 2 unspecified atom stereocenters. The molecule has 1 heterocycles. The molecule has 44 heavy (non-hydrogen) atoms. The molecule has 0 aromatic heterocycles. The standard InChI is InChI=1S/C33H33N3O6S2/c1-25(22-33(37)38)36(43(39)40)35-20-18-34(19-21-35)30-16-13-26(14-17-30)10-11-27-12-15-29-8-5-9-32(31(29)23-27)44(41,42)24-28-6-3-2-4-7-28/h2-9,12-17,23,25H,18-22,24H2,1H3,(H,37,38)(H,39,40)/p-1. The number of benzene rings is 4. The lowest BCUT2D eigenvalue weighted by Crippen LogP contribution is -2.57. The highest BCUT2D eigenvalue weighted by Crippen LogP contribution is 2.27. The Bertz CT molecular complexity index is 1830. The summed E-state index contributed by atoms with van der Waals surface area (Å²) < 4.78 is 51.4. The summed E-state index contributed by atoms with van der Waals surface area (Å²) >= 11 is -2.56. The van der Waals surface area contributed by atoms with Crippen LogP contribution in [0.5, 0.6) is 0 Å². The van der Waals surface area contributed by atoms with Gasteiger partial charge in [0.15, 0.2) is 9.84 Å². The number of hydrogen-bond acceptors (Lipinski definition) is 7. The van der Waals surface area contributed by atoms with Gasteiger partial charge in [-0.2, -0.15) is 4.41 Å². The van der Waals surface area contributed by atoms with Gasteiger partial charge in [-0.15, -0.1) is 0 Å². The van der Waals surface area contributed by atoms with E-state index >= 15 is 0 Å². The summed E-state index contributed by atoms with van der Waals surface area (Å²) in [5, 5.41) is 12.2. The summed E-state index contributed by atoms with van der Waals surface area (Å²) in [5.74, 6) is 5.20. The van der Waals surface area contributed by atoms with E-state index in [1.54, 1.807) is 24.1 Å². The molecule has 4 aromatic carbocycles. The number of anilines is 1. The second kappa shape index (κ2) is 13.7. The van der Waals surface area contributed by atoms with Crippen molar-refractivity contribution in [3.63, 3.8) is 0 Å². The van der Waals surface area contributed by atoms with Crippen molar-refractivity contribution in [1.82, 2.24) is 9.42 Å². The van der Waals surface area contributed by atoms with Gasteiger partial charge in [-0.1, -0.05) is 60.4 Å². The Hall–Kier alpha value is -4.05. The molecular formula is C33H32N3O6S2-. The molecule has 228 valence electrons. The number of nitrogens with zero attached hydrogens (tertiary/aromatic N) is 3. The van der Waals surface area contributed by atoms with Crippen molar-refractivity contribution in [2.24, 2.45) is 0 Å². The van der Waals surface area contributed by atoms with Crippen LogP contribution in [0.15, 0.2) is 95.9 Å². The summed E-state index contributed by atoms with van der Waals surface area (Å²) in [5.41, 5.74) is 3.21. The van der Waals surface area contributed by atoms with Crippen LogP contribution in [0.2, 0.25) is 0 Å². The van der Waals surface area contributed by atoms with Gasteiger partial charge < -0.3 is 14.6 Å². The van der Waals surface area contributed by atoms with Crippen LogP contribution in [0, 0.1) is 11.8 Å². The number of carbonyl (C=O) groups is 1.